The number of hydrogen-bond donors (Lipinski definition) is 2. The third-order valence-corrected chi connectivity index (χ3v) is 3.01. The predicted octanol–water partition coefficient (Wildman–Crippen LogP) is 1.80. The van der Waals surface area contributed by atoms with Gasteiger partial charge in [0.05, 0.1) is 18.9 Å². The predicted molar refractivity (Wildman–Crippen MR) is 87.0 cm³/mol. The molecule has 2 aromatic carbocycles. The lowest BCUT2D eigenvalue weighted by Crippen LogP contribution is -2.24. The van der Waals surface area contributed by atoms with Crippen molar-refractivity contribution in [3.63, 3.8) is 0 Å². The monoisotopic (exact) mass is 325 g/mol. The number of methoxy groups -OCH3 is 1. The second-order valence-corrected chi connectivity index (χ2v) is 4.59. The van der Waals surface area contributed by atoms with E-state index in [4.69, 9.17) is 14.7 Å². The molecule has 0 aliphatic heterocycles. The summed E-state index contributed by atoms with van der Waals surface area (Å²) < 4.78 is 10.3. The Balaban J connectivity index is 1.91. The van der Waals surface area contributed by atoms with E-state index >= 15 is 0 Å². The lowest BCUT2D eigenvalue weighted by atomic mass is 10.2. The summed E-state index contributed by atoms with van der Waals surface area (Å²) in [6, 6.07) is 13.5. The molecular weight excluding hydrogens is 310 g/mol. The van der Waals surface area contributed by atoms with Crippen LogP contribution in [0.3, 0.4) is 0 Å². The van der Waals surface area contributed by atoms with Crippen LogP contribution in [-0.4, -0.2) is 30.9 Å². The summed E-state index contributed by atoms with van der Waals surface area (Å²) in [5, 5.41) is 22.6. The van der Waals surface area contributed by atoms with Crippen molar-refractivity contribution in [1.29, 1.82) is 5.26 Å². The number of phenolic OH excluding ortho intramolecular Hbond substituents is 1. The fraction of sp³-hybridized carbons (Fsp3) is 0.118. The number of amides is 1. The summed E-state index contributed by atoms with van der Waals surface area (Å²) in [5.41, 5.74) is 3.01. The van der Waals surface area contributed by atoms with Crippen LogP contribution in [0.15, 0.2) is 47.6 Å². The van der Waals surface area contributed by atoms with E-state index in [0.717, 1.165) is 0 Å². The molecule has 2 N–H and O–H groups in total. The summed E-state index contributed by atoms with van der Waals surface area (Å²) >= 11 is 0. The maximum absolute atomic E-state index is 11.7. The van der Waals surface area contributed by atoms with Crippen LogP contribution in [0.5, 0.6) is 17.2 Å². The molecule has 0 aliphatic rings. The van der Waals surface area contributed by atoms with Crippen molar-refractivity contribution in [3.8, 4) is 23.3 Å². The van der Waals surface area contributed by atoms with Crippen LogP contribution in [-0.2, 0) is 4.79 Å². The highest BCUT2D eigenvalue weighted by atomic mass is 16.5. The SMILES string of the molecule is COc1cccc(/C=N/NC(=O)COc2ccccc2C#N)c1O. The first kappa shape index (κ1) is 16.8. The van der Waals surface area contributed by atoms with Gasteiger partial charge in [-0.3, -0.25) is 4.79 Å². The molecule has 0 aromatic heterocycles. The number of hydrogen-bond acceptors (Lipinski definition) is 6. The van der Waals surface area contributed by atoms with Crippen molar-refractivity contribution in [1.82, 2.24) is 5.43 Å². The largest absolute Gasteiger partial charge is 0.504 e. The first-order valence-electron chi connectivity index (χ1n) is 6.95. The molecule has 0 heterocycles. The Kier molecular flexibility index (Phi) is 5.75. The minimum Gasteiger partial charge on any atom is -0.504 e. The summed E-state index contributed by atoms with van der Waals surface area (Å²) in [6.45, 7) is -0.292. The Bertz CT molecular complexity index is 797. The fourth-order valence-corrected chi connectivity index (χ4v) is 1.84. The van der Waals surface area contributed by atoms with E-state index in [1.165, 1.54) is 13.3 Å². The molecule has 0 fully saturated rings. The first-order valence-corrected chi connectivity index (χ1v) is 6.95. The summed E-state index contributed by atoms with van der Waals surface area (Å²) in [4.78, 5) is 11.7. The van der Waals surface area contributed by atoms with Gasteiger partial charge in [0.25, 0.3) is 5.91 Å². The Labute approximate surface area is 138 Å². The molecule has 2 rings (SSSR count). The second kappa shape index (κ2) is 8.19. The van der Waals surface area contributed by atoms with E-state index in [1.54, 1.807) is 42.5 Å². The lowest BCUT2D eigenvalue weighted by Gasteiger charge is -2.06. The summed E-state index contributed by atoms with van der Waals surface area (Å²) in [6.07, 6.45) is 1.29. The van der Waals surface area contributed by atoms with Gasteiger partial charge in [0.2, 0.25) is 0 Å². The van der Waals surface area contributed by atoms with Gasteiger partial charge in [0.1, 0.15) is 11.8 Å². The number of nitrogens with one attached hydrogen (secondary N) is 1. The van der Waals surface area contributed by atoms with Crippen LogP contribution >= 0.6 is 0 Å². The number of aromatic hydroxyl groups is 1. The quantitative estimate of drug-likeness (QED) is 0.622. The number of para-hydroxylation sites is 2. The molecule has 0 spiro atoms. The minimum absolute atomic E-state index is 0.0720. The van der Waals surface area contributed by atoms with Crippen molar-refractivity contribution in [2.45, 2.75) is 0 Å². The lowest BCUT2D eigenvalue weighted by molar-refractivity contribution is -0.123. The summed E-state index contributed by atoms with van der Waals surface area (Å²) in [7, 11) is 1.44. The molecular formula is C17H15N3O4. The van der Waals surface area contributed by atoms with Gasteiger partial charge in [0, 0.05) is 5.56 Å². The number of phenols is 1. The van der Waals surface area contributed by atoms with Gasteiger partial charge in [0.15, 0.2) is 18.1 Å². The van der Waals surface area contributed by atoms with Gasteiger partial charge < -0.3 is 14.6 Å². The molecule has 122 valence electrons. The standard InChI is InChI=1S/C17H15N3O4/c1-23-15-8-4-6-13(17(15)22)10-19-20-16(21)11-24-14-7-3-2-5-12(14)9-18/h2-8,10,22H,11H2,1H3,(H,20,21)/b19-10+. The number of benzene rings is 2. The van der Waals surface area contributed by atoms with E-state index < -0.39 is 5.91 Å². The van der Waals surface area contributed by atoms with Gasteiger partial charge in [-0.15, -0.1) is 0 Å². The van der Waals surface area contributed by atoms with E-state index in [0.29, 0.717) is 22.6 Å². The number of rotatable bonds is 6. The molecule has 24 heavy (non-hydrogen) atoms. The highest BCUT2D eigenvalue weighted by molar-refractivity contribution is 5.86. The number of nitriles is 1. The molecule has 0 bridgehead atoms. The van der Waals surface area contributed by atoms with Crippen LogP contribution in [0.4, 0.5) is 0 Å². The smallest absolute Gasteiger partial charge is 0.277 e. The first-order chi connectivity index (χ1) is 11.7. The van der Waals surface area contributed by atoms with Crippen LogP contribution < -0.4 is 14.9 Å². The zero-order valence-electron chi connectivity index (χ0n) is 12.9. The average Bonchev–Trinajstić information content (AvgIpc) is 2.61. The van der Waals surface area contributed by atoms with Crippen molar-refractivity contribution in [3.05, 3.63) is 53.6 Å². The number of ether oxygens (including phenoxy) is 2. The molecule has 0 aliphatic carbocycles. The van der Waals surface area contributed by atoms with Gasteiger partial charge in [-0.05, 0) is 24.3 Å². The Morgan fingerprint density at radius 2 is 2.04 bits per heavy atom. The number of nitrogens with zero attached hydrogens (tertiary/aromatic N) is 2. The maximum atomic E-state index is 11.7. The second-order valence-electron chi connectivity index (χ2n) is 4.59. The van der Waals surface area contributed by atoms with Crippen molar-refractivity contribution in [2.75, 3.05) is 13.7 Å². The van der Waals surface area contributed by atoms with Crippen LogP contribution in [0, 0.1) is 11.3 Å². The highest BCUT2D eigenvalue weighted by Crippen LogP contribution is 2.27. The van der Waals surface area contributed by atoms with Crippen molar-refractivity contribution >= 4 is 12.1 Å². The summed E-state index contributed by atoms with van der Waals surface area (Å²) in [5.74, 6) is 0.0601. The molecule has 0 radical (unpaired) electrons. The fourth-order valence-electron chi connectivity index (χ4n) is 1.84. The van der Waals surface area contributed by atoms with Crippen LogP contribution in [0.1, 0.15) is 11.1 Å². The van der Waals surface area contributed by atoms with E-state index in [1.807, 2.05) is 6.07 Å². The Hall–Kier alpha value is -3.53. The zero-order chi connectivity index (χ0) is 17.4. The third kappa shape index (κ3) is 4.24. The van der Waals surface area contributed by atoms with Crippen molar-refractivity contribution < 1.29 is 19.4 Å². The van der Waals surface area contributed by atoms with Gasteiger partial charge in [-0.25, -0.2) is 5.43 Å². The van der Waals surface area contributed by atoms with Gasteiger partial charge in [-0.1, -0.05) is 18.2 Å². The average molecular weight is 325 g/mol. The Morgan fingerprint density at radius 1 is 1.29 bits per heavy atom. The molecule has 0 unspecified atom stereocenters. The van der Waals surface area contributed by atoms with E-state index in [-0.39, 0.29) is 12.4 Å². The van der Waals surface area contributed by atoms with Crippen molar-refractivity contribution in [2.24, 2.45) is 5.10 Å². The maximum Gasteiger partial charge on any atom is 0.277 e. The molecule has 0 saturated heterocycles. The molecule has 7 heteroatoms. The number of hydrazone groups is 1. The number of carbonyl (C=O) groups excluding carboxylic acids is 1. The molecule has 2 aromatic rings. The van der Waals surface area contributed by atoms with Crippen LogP contribution in [0.25, 0.3) is 0 Å². The zero-order valence-corrected chi connectivity index (χ0v) is 12.9. The number of carbonyl (C=O) groups is 1. The normalized spacial score (nSPS) is 10.2. The minimum atomic E-state index is -0.499. The Morgan fingerprint density at radius 3 is 2.79 bits per heavy atom. The molecule has 1 amide bonds. The van der Waals surface area contributed by atoms with Gasteiger partial charge in [-0.2, -0.15) is 10.4 Å². The topological polar surface area (TPSA) is 104 Å². The van der Waals surface area contributed by atoms with Crippen LogP contribution in [0.2, 0.25) is 0 Å². The van der Waals surface area contributed by atoms with Gasteiger partial charge >= 0.3 is 0 Å². The highest BCUT2D eigenvalue weighted by Gasteiger charge is 2.07. The molecule has 0 atom stereocenters. The molecule has 7 nitrogen and oxygen atoms in total. The molecule has 0 saturated carbocycles. The van der Waals surface area contributed by atoms with E-state index in [2.05, 4.69) is 10.5 Å². The van der Waals surface area contributed by atoms with E-state index in [9.17, 15) is 9.90 Å². The third-order valence-electron chi connectivity index (χ3n) is 3.01.